The van der Waals surface area contributed by atoms with Crippen molar-refractivity contribution in [1.29, 1.82) is 0 Å². The van der Waals surface area contributed by atoms with E-state index in [0.717, 1.165) is 12.0 Å². The zero-order valence-electron chi connectivity index (χ0n) is 22.1. The average Bonchev–Trinajstić information content (AvgIpc) is 2.83. The van der Waals surface area contributed by atoms with Crippen LogP contribution in [0.25, 0.3) is 6.08 Å². The molecule has 1 fully saturated rings. The molecule has 1 aliphatic rings. The molecular formula is C30H44O3Si. The van der Waals surface area contributed by atoms with E-state index in [4.69, 9.17) is 13.9 Å². The van der Waals surface area contributed by atoms with Crippen LogP contribution >= 0.6 is 0 Å². The Morgan fingerprint density at radius 1 is 0.824 bits per heavy atom. The van der Waals surface area contributed by atoms with E-state index < -0.39 is 8.32 Å². The highest BCUT2D eigenvalue weighted by molar-refractivity contribution is 6.77. The summed E-state index contributed by atoms with van der Waals surface area (Å²) in [6.07, 6.45) is 5.01. The maximum absolute atomic E-state index is 6.94. The number of benzene rings is 2. The summed E-state index contributed by atoms with van der Waals surface area (Å²) in [6.45, 7) is 16.9. The van der Waals surface area contributed by atoms with Gasteiger partial charge in [-0.25, -0.2) is 0 Å². The lowest BCUT2D eigenvalue weighted by atomic mass is 9.96. The first kappa shape index (κ1) is 26.9. The molecule has 3 nitrogen and oxygen atoms in total. The van der Waals surface area contributed by atoms with Crippen molar-refractivity contribution in [2.45, 2.75) is 90.0 Å². The molecule has 1 aliphatic heterocycles. The molecule has 4 atom stereocenters. The van der Waals surface area contributed by atoms with Gasteiger partial charge in [-0.3, -0.25) is 0 Å². The van der Waals surface area contributed by atoms with Crippen LogP contribution in [0.4, 0.5) is 0 Å². The van der Waals surface area contributed by atoms with Crippen LogP contribution in [0.1, 0.15) is 72.3 Å². The van der Waals surface area contributed by atoms with E-state index in [9.17, 15) is 0 Å². The van der Waals surface area contributed by atoms with Crippen molar-refractivity contribution >= 4 is 14.4 Å². The van der Waals surface area contributed by atoms with Gasteiger partial charge in [-0.05, 0) is 22.2 Å². The lowest BCUT2D eigenvalue weighted by Crippen LogP contribution is -2.50. The van der Waals surface area contributed by atoms with Crippen molar-refractivity contribution in [2.75, 3.05) is 6.61 Å². The van der Waals surface area contributed by atoms with E-state index in [1.165, 1.54) is 5.56 Å². The monoisotopic (exact) mass is 480 g/mol. The fourth-order valence-electron chi connectivity index (χ4n) is 5.64. The first-order valence-electron chi connectivity index (χ1n) is 13.0. The van der Waals surface area contributed by atoms with E-state index in [1.54, 1.807) is 0 Å². The Labute approximate surface area is 208 Å². The zero-order chi connectivity index (χ0) is 24.7. The molecule has 0 saturated carbocycles. The Balaban J connectivity index is 1.78. The Morgan fingerprint density at radius 2 is 1.38 bits per heavy atom. The standard InChI is InChI=1S/C30H44O3Si/c1-22(2)34(23(3)4,24(5)6)31-21-28-20-29(25(7)18-19-26-14-10-8-11-15-26)33-30(32-28)27-16-12-9-13-17-27/h8-19,22-25,28-30H,20-21H2,1-7H3/b19-18+/t25-,28+,29+,30-/m1/s1. The third-order valence-corrected chi connectivity index (χ3v) is 13.5. The quantitative estimate of drug-likeness (QED) is 0.319. The molecule has 0 amide bonds. The van der Waals surface area contributed by atoms with Crippen molar-refractivity contribution < 1.29 is 13.9 Å². The van der Waals surface area contributed by atoms with Gasteiger partial charge in [-0.2, -0.15) is 0 Å². The van der Waals surface area contributed by atoms with E-state index in [0.29, 0.717) is 23.2 Å². The minimum absolute atomic E-state index is 0.0136. The predicted octanol–water partition coefficient (Wildman–Crippen LogP) is 8.40. The van der Waals surface area contributed by atoms with Gasteiger partial charge in [-0.1, -0.05) is 121 Å². The van der Waals surface area contributed by atoms with Crippen molar-refractivity contribution in [1.82, 2.24) is 0 Å². The summed E-state index contributed by atoms with van der Waals surface area (Å²) in [4.78, 5) is 0. The van der Waals surface area contributed by atoms with Gasteiger partial charge in [0.25, 0.3) is 0 Å². The first-order valence-corrected chi connectivity index (χ1v) is 15.1. The number of ether oxygens (including phenoxy) is 2. The first-order chi connectivity index (χ1) is 16.2. The van der Waals surface area contributed by atoms with Crippen molar-refractivity contribution in [3.8, 4) is 0 Å². The Morgan fingerprint density at radius 3 is 1.94 bits per heavy atom. The van der Waals surface area contributed by atoms with E-state index in [1.807, 2.05) is 24.3 Å². The van der Waals surface area contributed by atoms with E-state index in [2.05, 4.69) is 97.0 Å². The smallest absolute Gasteiger partial charge is 0.200 e. The van der Waals surface area contributed by atoms with Crippen LogP contribution in [-0.4, -0.2) is 27.1 Å². The van der Waals surface area contributed by atoms with Gasteiger partial charge in [0.1, 0.15) is 0 Å². The minimum Gasteiger partial charge on any atom is -0.413 e. The van der Waals surface area contributed by atoms with Crippen LogP contribution in [0.2, 0.25) is 16.6 Å². The highest BCUT2D eigenvalue weighted by atomic mass is 28.4. The second kappa shape index (κ2) is 12.3. The van der Waals surface area contributed by atoms with Crippen LogP contribution in [-0.2, 0) is 13.9 Å². The summed E-state index contributed by atoms with van der Waals surface area (Å²) in [5.41, 5.74) is 3.95. The molecule has 1 saturated heterocycles. The summed E-state index contributed by atoms with van der Waals surface area (Å²) in [5, 5.41) is 0. The molecule has 4 heteroatoms. The van der Waals surface area contributed by atoms with E-state index in [-0.39, 0.29) is 24.4 Å². The van der Waals surface area contributed by atoms with Gasteiger partial charge in [0, 0.05) is 17.9 Å². The van der Waals surface area contributed by atoms with Crippen molar-refractivity contribution in [3.63, 3.8) is 0 Å². The lowest BCUT2D eigenvalue weighted by Gasteiger charge is -2.44. The van der Waals surface area contributed by atoms with Crippen LogP contribution < -0.4 is 0 Å². The molecule has 186 valence electrons. The highest BCUT2D eigenvalue weighted by Crippen LogP contribution is 2.43. The predicted molar refractivity (Wildman–Crippen MR) is 145 cm³/mol. The summed E-state index contributed by atoms with van der Waals surface area (Å²) >= 11 is 0. The zero-order valence-corrected chi connectivity index (χ0v) is 23.1. The topological polar surface area (TPSA) is 27.7 Å². The van der Waals surface area contributed by atoms with Gasteiger partial charge in [0.05, 0.1) is 18.8 Å². The molecular weight excluding hydrogens is 436 g/mol. The number of hydrogen-bond acceptors (Lipinski definition) is 3. The number of hydrogen-bond donors (Lipinski definition) is 0. The van der Waals surface area contributed by atoms with Gasteiger partial charge < -0.3 is 13.9 Å². The Kier molecular flexibility index (Phi) is 9.72. The molecule has 0 radical (unpaired) electrons. The molecule has 2 aromatic carbocycles. The van der Waals surface area contributed by atoms with Crippen LogP contribution in [0.15, 0.2) is 66.7 Å². The second-order valence-electron chi connectivity index (χ2n) is 10.7. The molecule has 34 heavy (non-hydrogen) atoms. The molecule has 2 aromatic rings. The average molecular weight is 481 g/mol. The number of rotatable bonds is 10. The highest BCUT2D eigenvalue weighted by Gasteiger charge is 2.46. The van der Waals surface area contributed by atoms with Crippen molar-refractivity contribution in [3.05, 3.63) is 77.9 Å². The van der Waals surface area contributed by atoms with Crippen LogP contribution in [0, 0.1) is 5.92 Å². The molecule has 3 rings (SSSR count). The summed E-state index contributed by atoms with van der Waals surface area (Å²) < 4.78 is 19.9. The maximum Gasteiger partial charge on any atom is 0.200 e. The van der Waals surface area contributed by atoms with Gasteiger partial charge >= 0.3 is 0 Å². The molecule has 0 aliphatic carbocycles. The van der Waals surface area contributed by atoms with Gasteiger partial charge in [-0.15, -0.1) is 0 Å². The minimum atomic E-state index is -1.96. The van der Waals surface area contributed by atoms with Crippen LogP contribution in [0.5, 0.6) is 0 Å². The third kappa shape index (κ3) is 6.48. The summed E-state index contributed by atoms with van der Waals surface area (Å²) in [6, 6.07) is 20.8. The molecule has 0 bridgehead atoms. The fraction of sp³-hybridized carbons (Fsp3) is 0.533. The SMILES string of the molecule is CC(C)[Si](OC[C@@H]1C[C@@H]([C@H](C)/C=C/c2ccccc2)O[C@H](c2ccccc2)O1)(C(C)C)C(C)C. The molecule has 0 N–H and O–H groups in total. The third-order valence-electron chi connectivity index (χ3n) is 7.39. The fourth-order valence-corrected chi connectivity index (χ4v) is 11.1. The lowest BCUT2D eigenvalue weighted by molar-refractivity contribution is -0.258. The van der Waals surface area contributed by atoms with Crippen LogP contribution in [0.3, 0.4) is 0 Å². The molecule has 0 aromatic heterocycles. The van der Waals surface area contributed by atoms with Gasteiger partial charge in [0.15, 0.2) is 14.6 Å². The second-order valence-corrected chi connectivity index (χ2v) is 16.1. The summed E-state index contributed by atoms with van der Waals surface area (Å²) in [5.74, 6) is 0.264. The Bertz CT molecular complexity index is 857. The Hall–Kier alpha value is -1.72. The van der Waals surface area contributed by atoms with E-state index >= 15 is 0 Å². The largest absolute Gasteiger partial charge is 0.413 e. The molecule has 0 spiro atoms. The summed E-state index contributed by atoms with van der Waals surface area (Å²) in [7, 11) is -1.96. The molecule has 1 heterocycles. The van der Waals surface area contributed by atoms with Gasteiger partial charge in [0.2, 0.25) is 0 Å². The maximum atomic E-state index is 6.94. The molecule has 0 unspecified atom stereocenters. The normalized spacial score (nSPS) is 22.7. The van der Waals surface area contributed by atoms with Crippen molar-refractivity contribution in [2.24, 2.45) is 5.92 Å².